The summed E-state index contributed by atoms with van der Waals surface area (Å²) >= 11 is 6.13. The smallest absolute Gasteiger partial charge is 0.271 e. The molecule has 0 aliphatic carbocycles. The number of carbonyl (C=O) groups is 1. The Morgan fingerprint density at radius 1 is 1.13 bits per heavy atom. The van der Waals surface area contributed by atoms with Gasteiger partial charge in [0, 0.05) is 28.4 Å². The first-order chi connectivity index (χ1) is 15.0. The van der Waals surface area contributed by atoms with Gasteiger partial charge >= 0.3 is 0 Å². The Morgan fingerprint density at radius 3 is 2.65 bits per heavy atom. The van der Waals surface area contributed by atoms with E-state index in [1.165, 1.54) is 30.3 Å². The Hall–Kier alpha value is -4.15. The lowest BCUT2D eigenvalue weighted by molar-refractivity contribution is -0.384. The van der Waals surface area contributed by atoms with Crippen LogP contribution in [0.25, 0.3) is 6.08 Å². The van der Waals surface area contributed by atoms with Gasteiger partial charge in [-0.25, -0.2) is 0 Å². The topological polar surface area (TPSA) is 105 Å². The monoisotopic (exact) mass is 433 g/mol. The van der Waals surface area contributed by atoms with Crippen LogP contribution in [0.2, 0.25) is 5.02 Å². The zero-order valence-corrected chi connectivity index (χ0v) is 16.9. The first-order valence-corrected chi connectivity index (χ1v) is 9.48. The molecule has 154 valence electrons. The third kappa shape index (κ3) is 5.92. The van der Waals surface area contributed by atoms with Crippen LogP contribution < -0.4 is 10.1 Å². The summed E-state index contributed by atoms with van der Waals surface area (Å²) in [5, 5.41) is 23.4. The van der Waals surface area contributed by atoms with Crippen molar-refractivity contribution < 1.29 is 14.5 Å². The summed E-state index contributed by atoms with van der Waals surface area (Å²) in [6, 6.07) is 21.6. The molecule has 0 unspecified atom stereocenters. The molecule has 0 aromatic heterocycles. The Morgan fingerprint density at radius 2 is 1.90 bits per heavy atom. The highest BCUT2D eigenvalue weighted by Crippen LogP contribution is 2.21. The van der Waals surface area contributed by atoms with E-state index < -0.39 is 10.8 Å². The van der Waals surface area contributed by atoms with Crippen molar-refractivity contribution in [1.82, 2.24) is 0 Å². The molecule has 0 aliphatic rings. The van der Waals surface area contributed by atoms with Gasteiger partial charge in [-0.05, 0) is 35.9 Å². The fourth-order valence-corrected chi connectivity index (χ4v) is 2.87. The van der Waals surface area contributed by atoms with E-state index in [1.807, 2.05) is 24.3 Å². The zero-order chi connectivity index (χ0) is 22.2. The lowest BCUT2D eigenvalue weighted by Gasteiger charge is -2.08. The normalized spacial score (nSPS) is 10.8. The zero-order valence-electron chi connectivity index (χ0n) is 16.1. The van der Waals surface area contributed by atoms with Crippen molar-refractivity contribution in [3.8, 4) is 11.8 Å². The molecule has 3 aromatic rings. The fraction of sp³-hybridized carbons (Fsp3) is 0.0435. The van der Waals surface area contributed by atoms with E-state index in [-0.39, 0.29) is 23.6 Å². The fourth-order valence-electron chi connectivity index (χ4n) is 2.68. The van der Waals surface area contributed by atoms with Crippen LogP contribution in [-0.2, 0) is 11.4 Å². The van der Waals surface area contributed by atoms with Crippen molar-refractivity contribution in [2.24, 2.45) is 0 Å². The number of hydrogen-bond acceptors (Lipinski definition) is 5. The molecule has 0 bridgehead atoms. The number of nitro groups is 1. The van der Waals surface area contributed by atoms with E-state index in [1.54, 1.807) is 30.3 Å². The van der Waals surface area contributed by atoms with Crippen LogP contribution in [-0.4, -0.2) is 10.8 Å². The lowest BCUT2D eigenvalue weighted by atomic mass is 10.1. The number of nitro benzene ring substituents is 1. The van der Waals surface area contributed by atoms with Crippen LogP contribution in [0.15, 0.2) is 78.4 Å². The van der Waals surface area contributed by atoms with E-state index in [0.717, 1.165) is 5.56 Å². The predicted molar refractivity (Wildman–Crippen MR) is 118 cm³/mol. The number of nitriles is 1. The highest BCUT2D eigenvalue weighted by atomic mass is 35.5. The molecule has 8 heteroatoms. The Balaban J connectivity index is 1.73. The van der Waals surface area contributed by atoms with Gasteiger partial charge in [-0.15, -0.1) is 0 Å². The number of anilines is 1. The minimum atomic E-state index is -0.676. The largest absolute Gasteiger partial charge is 0.489 e. The van der Waals surface area contributed by atoms with Crippen LogP contribution in [0, 0.1) is 21.4 Å². The van der Waals surface area contributed by atoms with E-state index >= 15 is 0 Å². The van der Waals surface area contributed by atoms with Gasteiger partial charge in [0.25, 0.3) is 11.6 Å². The maximum atomic E-state index is 12.4. The van der Waals surface area contributed by atoms with Crippen molar-refractivity contribution in [2.75, 3.05) is 5.32 Å². The Bertz CT molecular complexity index is 1200. The molecule has 0 radical (unpaired) electrons. The quantitative estimate of drug-likeness (QED) is 0.233. The summed E-state index contributed by atoms with van der Waals surface area (Å²) in [6.45, 7) is 0.269. The van der Waals surface area contributed by atoms with Gasteiger partial charge in [-0.1, -0.05) is 48.0 Å². The van der Waals surface area contributed by atoms with E-state index in [4.69, 9.17) is 16.3 Å². The second kappa shape index (κ2) is 10.1. The van der Waals surface area contributed by atoms with Gasteiger partial charge < -0.3 is 10.1 Å². The molecule has 0 saturated heterocycles. The number of nitrogens with one attached hydrogen (secondary N) is 1. The molecular formula is C23H16ClN3O4. The Kier molecular flexibility index (Phi) is 6.99. The number of benzene rings is 3. The maximum absolute atomic E-state index is 12.4. The summed E-state index contributed by atoms with van der Waals surface area (Å²) in [4.78, 5) is 22.8. The van der Waals surface area contributed by atoms with Crippen LogP contribution in [0.1, 0.15) is 11.1 Å². The highest BCUT2D eigenvalue weighted by molar-refractivity contribution is 6.31. The van der Waals surface area contributed by atoms with Crippen molar-refractivity contribution in [3.05, 3.63) is 105 Å². The van der Waals surface area contributed by atoms with Gasteiger partial charge in [0.1, 0.15) is 24.0 Å². The third-order valence-electron chi connectivity index (χ3n) is 4.20. The molecule has 1 N–H and O–H groups in total. The number of hydrogen-bond donors (Lipinski definition) is 1. The van der Waals surface area contributed by atoms with Gasteiger partial charge in [-0.2, -0.15) is 5.26 Å². The minimum absolute atomic E-state index is 0.158. The second-order valence-electron chi connectivity index (χ2n) is 6.38. The van der Waals surface area contributed by atoms with Crippen molar-refractivity contribution >= 4 is 35.0 Å². The molecule has 0 heterocycles. The average Bonchev–Trinajstić information content (AvgIpc) is 2.77. The summed E-state index contributed by atoms with van der Waals surface area (Å²) in [5.74, 6) is -0.129. The van der Waals surface area contributed by atoms with Gasteiger partial charge in [0.15, 0.2) is 0 Å². The molecular weight excluding hydrogens is 418 g/mol. The Labute approximate surface area is 183 Å². The second-order valence-corrected chi connectivity index (χ2v) is 6.79. The molecule has 1 amide bonds. The predicted octanol–water partition coefficient (Wildman–Crippen LogP) is 5.37. The van der Waals surface area contributed by atoms with Gasteiger partial charge in [0.2, 0.25) is 0 Å². The summed E-state index contributed by atoms with van der Waals surface area (Å²) in [6.07, 6.45) is 1.41. The average molecular weight is 434 g/mol. The van der Waals surface area contributed by atoms with Crippen LogP contribution in [0.4, 0.5) is 11.4 Å². The lowest BCUT2D eigenvalue weighted by Crippen LogP contribution is -2.13. The van der Waals surface area contributed by atoms with Crippen LogP contribution >= 0.6 is 11.6 Å². The SMILES string of the molecule is N#C/C(=C\c1cccc(OCc2ccccc2Cl)c1)C(=O)Nc1cccc([N+](=O)[O-])c1. The molecule has 0 aliphatic heterocycles. The molecule has 7 nitrogen and oxygen atoms in total. The summed E-state index contributed by atoms with van der Waals surface area (Å²) in [7, 11) is 0. The molecule has 0 fully saturated rings. The summed E-state index contributed by atoms with van der Waals surface area (Å²) in [5.41, 5.74) is 1.32. The number of ether oxygens (including phenoxy) is 1. The number of nitrogens with zero attached hydrogens (tertiary/aromatic N) is 2. The van der Waals surface area contributed by atoms with E-state index in [2.05, 4.69) is 5.32 Å². The highest BCUT2D eigenvalue weighted by Gasteiger charge is 2.12. The van der Waals surface area contributed by atoms with Gasteiger partial charge in [0.05, 0.1) is 4.92 Å². The number of halogens is 1. The number of rotatable bonds is 7. The maximum Gasteiger partial charge on any atom is 0.271 e. The molecule has 0 saturated carbocycles. The van der Waals surface area contributed by atoms with Crippen molar-refractivity contribution in [2.45, 2.75) is 6.61 Å². The van der Waals surface area contributed by atoms with E-state index in [9.17, 15) is 20.2 Å². The van der Waals surface area contributed by atoms with Crippen molar-refractivity contribution in [1.29, 1.82) is 5.26 Å². The summed E-state index contributed by atoms with van der Waals surface area (Å²) < 4.78 is 5.76. The minimum Gasteiger partial charge on any atom is -0.489 e. The molecule has 31 heavy (non-hydrogen) atoms. The van der Waals surface area contributed by atoms with E-state index in [0.29, 0.717) is 16.3 Å². The molecule has 0 spiro atoms. The van der Waals surface area contributed by atoms with Crippen molar-refractivity contribution in [3.63, 3.8) is 0 Å². The van der Waals surface area contributed by atoms with Crippen LogP contribution in [0.3, 0.4) is 0 Å². The number of carbonyl (C=O) groups excluding carboxylic acids is 1. The standard InChI is InChI=1S/C23H16ClN3O4/c24-22-10-2-1-6-17(22)15-31-21-9-3-5-16(12-21)11-18(14-25)23(28)26-19-7-4-8-20(13-19)27(29)30/h1-13H,15H2,(H,26,28)/b18-11+. The van der Waals surface area contributed by atoms with Crippen LogP contribution in [0.5, 0.6) is 5.75 Å². The first kappa shape index (κ1) is 21.6. The first-order valence-electron chi connectivity index (χ1n) is 9.10. The van der Waals surface area contributed by atoms with Gasteiger partial charge in [-0.3, -0.25) is 14.9 Å². The molecule has 3 rings (SSSR count). The number of non-ortho nitro benzene ring substituents is 1. The third-order valence-corrected chi connectivity index (χ3v) is 4.57. The molecule has 0 atom stereocenters. The number of amides is 1. The molecule has 3 aromatic carbocycles.